The fraction of sp³-hybridized carbons (Fsp3) is 0.333. The molecule has 1 aliphatic heterocycles. The van der Waals surface area contributed by atoms with Crippen molar-refractivity contribution in [3.05, 3.63) is 99.0 Å². The van der Waals surface area contributed by atoms with Crippen molar-refractivity contribution in [1.82, 2.24) is 9.62 Å². The SMILES string of the molecule is C[C@@H](CCNS(=O)(=O)c1ccccc1Cl)N1C(=O)[C@@](C)(CC(=O)O)C[C@H](c2cccc(Cl)c2)[C@H]1c1ccc(Cl)cc1. The van der Waals surface area contributed by atoms with Gasteiger partial charge in [0.25, 0.3) is 0 Å². The van der Waals surface area contributed by atoms with Gasteiger partial charge >= 0.3 is 5.97 Å². The van der Waals surface area contributed by atoms with Gasteiger partial charge in [0.05, 0.1) is 22.9 Å². The van der Waals surface area contributed by atoms with Gasteiger partial charge in [-0.1, -0.05) is 78.1 Å². The van der Waals surface area contributed by atoms with E-state index < -0.39 is 33.5 Å². The smallest absolute Gasteiger partial charge is 0.304 e. The molecule has 1 heterocycles. The molecule has 1 saturated heterocycles. The molecule has 0 radical (unpaired) electrons. The quantitative estimate of drug-likeness (QED) is 0.251. The number of nitrogens with one attached hydrogen (secondary N) is 1. The zero-order valence-electron chi connectivity index (χ0n) is 22.6. The number of carbonyl (C=O) groups is 2. The predicted octanol–water partition coefficient (Wildman–Crippen LogP) is 6.94. The Balaban J connectivity index is 1.72. The van der Waals surface area contributed by atoms with Gasteiger partial charge in [-0.2, -0.15) is 0 Å². The minimum absolute atomic E-state index is 0.0301. The second-order valence-electron chi connectivity index (χ2n) is 10.7. The third kappa shape index (κ3) is 7.07. The summed E-state index contributed by atoms with van der Waals surface area (Å²) in [5.41, 5.74) is 0.499. The van der Waals surface area contributed by atoms with E-state index in [4.69, 9.17) is 34.8 Å². The van der Waals surface area contributed by atoms with Crippen molar-refractivity contribution in [1.29, 1.82) is 0 Å². The van der Waals surface area contributed by atoms with Crippen LogP contribution in [0.3, 0.4) is 0 Å². The number of nitrogens with zero attached hydrogens (tertiary/aromatic N) is 1. The number of benzene rings is 3. The molecule has 0 spiro atoms. The largest absolute Gasteiger partial charge is 0.481 e. The molecule has 0 unspecified atom stereocenters. The summed E-state index contributed by atoms with van der Waals surface area (Å²) in [6.45, 7) is 3.55. The number of carboxylic acid groups (broad SMARTS) is 1. The van der Waals surface area contributed by atoms with Crippen LogP contribution >= 0.6 is 34.8 Å². The average Bonchev–Trinajstić information content (AvgIpc) is 2.90. The van der Waals surface area contributed by atoms with Crippen molar-refractivity contribution < 1.29 is 23.1 Å². The Morgan fingerprint density at radius 3 is 2.34 bits per heavy atom. The van der Waals surface area contributed by atoms with Gasteiger partial charge in [0.2, 0.25) is 15.9 Å². The van der Waals surface area contributed by atoms with Crippen LogP contribution in [0.5, 0.6) is 0 Å². The number of carbonyl (C=O) groups excluding carboxylic acids is 1. The Morgan fingerprint density at radius 1 is 1.02 bits per heavy atom. The number of likely N-dealkylation sites (tertiary alicyclic amines) is 1. The lowest BCUT2D eigenvalue weighted by molar-refractivity contribution is -0.160. The number of hydrogen-bond donors (Lipinski definition) is 2. The number of carboxylic acids is 1. The molecule has 218 valence electrons. The maximum absolute atomic E-state index is 14.2. The molecule has 3 aromatic rings. The van der Waals surface area contributed by atoms with Crippen LogP contribution in [0.15, 0.2) is 77.7 Å². The first kappa shape index (κ1) is 31.3. The number of sulfonamides is 1. The van der Waals surface area contributed by atoms with Gasteiger partial charge in [-0.25, -0.2) is 13.1 Å². The van der Waals surface area contributed by atoms with E-state index in [0.29, 0.717) is 10.0 Å². The second-order valence-corrected chi connectivity index (χ2v) is 13.7. The summed E-state index contributed by atoms with van der Waals surface area (Å²) in [4.78, 5) is 27.8. The van der Waals surface area contributed by atoms with E-state index >= 15 is 0 Å². The van der Waals surface area contributed by atoms with Crippen LogP contribution in [0.4, 0.5) is 0 Å². The number of amides is 1. The second kappa shape index (κ2) is 12.7. The van der Waals surface area contributed by atoms with Gasteiger partial charge in [0.1, 0.15) is 4.90 Å². The third-order valence-electron chi connectivity index (χ3n) is 7.59. The number of hydrogen-bond acceptors (Lipinski definition) is 4. The number of rotatable bonds is 10. The lowest BCUT2D eigenvalue weighted by atomic mass is 9.67. The maximum Gasteiger partial charge on any atom is 0.304 e. The fourth-order valence-corrected chi connectivity index (χ4v) is 7.53. The molecule has 0 bridgehead atoms. The molecule has 41 heavy (non-hydrogen) atoms. The maximum atomic E-state index is 14.2. The van der Waals surface area contributed by atoms with E-state index in [2.05, 4.69) is 4.72 Å². The molecule has 1 fully saturated rings. The van der Waals surface area contributed by atoms with Crippen LogP contribution in [0.2, 0.25) is 15.1 Å². The van der Waals surface area contributed by atoms with Crippen molar-refractivity contribution in [2.45, 2.75) is 56.0 Å². The molecule has 1 aliphatic rings. The van der Waals surface area contributed by atoms with Crippen LogP contribution in [-0.4, -0.2) is 42.9 Å². The summed E-state index contributed by atoms with van der Waals surface area (Å²) < 4.78 is 28.4. The van der Waals surface area contributed by atoms with Crippen LogP contribution in [0.1, 0.15) is 56.2 Å². The summed E-state index contributed by atoms with van der Waals surface area (Å²) in [5.74, 6) is -1.67. The summed E-state index contributed by atoms with van der Waals surface area (Å²) in [7, 11) is -3.89. The Hall–Kier alpha value is -2.62. The Labute approximate surface area is 255 Å². The molecule has 0 aliphatic carbocycles. The zero-order valence-corrected chi connectivity index (χ0v) is 25.6. The van der Waals surface area contributed by atoms with Crippen LogP contribution < -0.4 is 4.72 Å². The van der Waals surface area contributed by atoms with Gasteiger partial charge in [0, 0.05) is 28.5 Å². The monoisotopic (exact) mass is 636 g/mol. The van der Waals surface area contributed by atoms with Gasteiger partial charge in [-0.3, -0.25) is 9.59 Å². The minimum atomic E-state index is -3.89. The summed E-state index contributed by atoms with van der Waals surface area (Å²) in [6.07, 6.45) is 0.206. The van der Waals surface area contributed by atoms with Crippen LogP contribution in [-0.2, 0) is 19.6 Å². The van der Waals surface area contributed by atoms with Crippen LogP contribution in [0, 0.1) is 5.41 Å². The number of halogens is 3. The highest BCUT2D eigenvalue weighted by atomic mass is 35.5. The fourth-order valence-electron chi connectivity index (χ4n) is 5.64. The molecular formula is C30H31Cl3N2O5S. The molecule has 4 atom stereocenters. The molecule has 0 aromatic heterocycles. The van der Waals surface area contributed by atoms with Crippen molar-refractivity contribution in [2.24, 2.45) is 5.41 Å². The van der Waals surface area contributed by atoms with Crippen molar-refractivity contribution >= 4 is 56.7 Å². The van der Waals surface area contributed by atoms with Crippen LogP contribution in [0.25, 0.3) is 0 Å². The standard InChI is InChI=1S/C30H31Cl3N2O5S/c1-19(14-15-34-41(39,40)26-9-4-3-8-25(26)33)35-28(20-10-12-22(31)13-11-20)24(21-6-5-7-23(32)16-21)17-30(2,29(35)38)18-27(36)37/h3-13,16,19,24,28,34H,14-15,17-18H2,1-2H3,(H,36,37)/t19-,24+,28+,30+/m0/s1. The average molecular weight is 638 g/mol. The van der Waals surface area contributed by atoms with E-state index in [0.717, 1.165) is 11.1 Å². The molecule has 0 saturated carbocycles. The lowest BCUT2D eigenvalue weighted by Gasteiger charge is -2.51. The summed E-state index contributed by atoms with van der Waals surface area (Å²) >= 11 is 18.7. The zero-order chi connectivity index (χ0) is 29.9. The summed E-state index contributed by atoms with van der Waals surface area (Å²) in [6, 6.07) is 19.8. The highest BCUT2D eigenvalue weighted by Gasteiger charge is 2.51. The first-order chi connectivity index (χ1) is 19.3. The highest BCUT2D eigenvalue weighted by Crippen LogP contribution is 2.52. The molecule has 7 nitrogen and oxygen atoms in total. The van der Waals surface area contributed by atoms with E-state index in [1.54, 1.807) is 42.2 Å². The molecule has 4 rings (SSSR count). The summed E-state index contributed by atoms with van der Waals surface area (Å²) in [5, 5.41) is 10.9. The number of aliphatic carboxylic acids is 1. The third-order valence-corrected chi connectivity index (χ3v) is 10.0. The Kier molecular flexibility index (Phi) is 9.71. The predicted molar refractivity (Wildman–Crippen MR) is 161 cm³/mol. The number of piperidine rings is 1. The highest BCUT2D eigenvalue weighted by molar-refractivity contribution is 7.89. The minimum Gasteiger partial charge on any atom is -0.481 e. The van der Waals surface area contributed by atoms with E-state index in [1.165, 1.54) is 12.1 Å². The van der Waals surface area contributed by atoms with Gasteiger partial charge in [-0.15, -0.1) is 0 Å². The first-order valence-electron chi connectivity index (χ1n) is 13.1. The topological polar surface area (TPSA) is 104 Å². The van der Waals surface area contributed by atoms with Crippen molar-refractivity contribution in [3.63, 3.8) is 0 Å². The molecule has 3 aromatic carbocycles. The van der Waals surface area contributed by atoms with Gasteiger partial charge in [-0.05, 0) is 67.3 Å². The first-order valence-corrected chi connectivity index (χ1v) is 15.7. The van der Waals surface area contributed by atoms with E-state index in [9.17, 15) is 23.1 Å². The van der Waals surface area contributed by atoms with E-state index in [-0.39, 0.29) is 47.6 Å². The Bertz CT molecular complexity index is 1530. The molecular weight excluding hydrogens is 607 g/mol. The molecule has 1 amide bonds. The Morgan fingerprint density at radius 2 is 1.71 bits per heavy atom. The normalized spacial score (nSPS) is 22.0. The van der Waals surface area contributed by atoms with Crippen molar-refractivity contribution in [2.75, 3.05) is 6.54 Å². The van der Waals surface area contributed by atoms with Gasteiger partial charge in [0.15, 0.2) is 0 Å². The lowest BCUT2D eigenvalue weighted by Crippen LogP contribution is -2.55. The molecule has 2 N–H and O–H groups in total. The molecule has 11 heteroatoms. The van der Waals surface area contributed by atoms with E-state index in [1.807, 2.05) is 37.3 Å². The van der Waals surface area contributed by atoms with Gasteiger partial charge < -0.3 is 10.0 Å². The van der Waals surface area contributed by atoms with Crippen molar-refractivity contribution in [3.8, 4) is 0 Å².